The van der Waals surface area contributed by atoms with Gasteiger partial charge in [-0.1, -0.05) is 30.3 Å². The first-order valence-corrected chi connectivity index (χ1v) is 8.92. The van der Waals surface area contributed by atoms with Crippen molar-refractivity contribution in [3.8, 4) is 5.75 Å². The van der Waals surface area contributed by atoms with Crippen molar-refractivity contribution in [2.75, 3.05) is 5.32 Å². The van der Waals surface area contributed by atoms with Gasteiger partial charge in [-0.05, 0) is 55.8 Å². The molecule has 0 aliphatic rings. The van der Waals surface area contributed by atoms with Gasteiger partial charge in [0, 0.05) is 24.0 Å². The highest BCUT2D eigenvalue weighted by molar-refractivity contribution is 5.94. The highest BCUT2D eigenvalue weighted by Gasteiger charge is 2.07. The van der Waals surface area contributed by atoms with Gasteiger partial charge in [0.2, 0.25) is 0 Å². The van der Waals surface area contributed by atoms with E-state index in [0.717, 1.165) is 17.0 Å². The molecule has 5 nitrogen and oxygen atoms in total. The standard InChI is InChI=1S/C22H23N3O2/c1-16(2)27-20-10-8-19(9-11-20)25-21-14-18(12-13-23-21)22(26)24-15-17-6-4-3-5-7-17/h3-14,16H,15H2,1-2H3,(H,23,25)(H,24,26). The van der Waals surface area contributed by atoms with Crippen LogP contribution in [0.15, 0.2) is 72.9 Å². The van der Waals surface area contributed by atoms with Crippen molar-refractivity contribution < 1.29 is 9.53 Å². The highest BCUT2D eigenvalue weighted by atomic mass is 16.5. The summed E-state index contributed by atoms with van der Waals surface area (Å²) in [6, 6.07) is 20.9. The number of rotatable bonds is 7. The van der Waals surface area contributed by atoms with Gasteiger partial charge < -0.3 is 15.4 Å². The summed E-state index contributed by atoms with van der Waals surface area (Å²) in [7, 11) is 0. The van der Waals surface area contributed by atoms with Crippen LogP contribution in [0.2, 0.25) is 0 Å². The first kappa shape index (κ1) is 18.5. The maximum atomic E-state index is 12.4. The Morgan fingerprint density at radius 3 is 2.48 bits per heavy atom. The van der Waals surface area contributed by atoms with Crippen molar-refractivity contribution in [1.82, 2.24) is 10.3 Å². The highest BCUT2D eigenvalue weighted by Crippen LogP contribution is 2.20. The fraction of sp³-hybridized carbons (Fsp3) is 0.182. The molecule has 2 N–H and O–H groups in total. The summed E-state index contributed by atoms with van der Waals surface area (Å²) in [5, 5.41) is 6.13. The number of aromatic nitrogens is 1. The number of pyridine rings is 1. The lowest BCUT2D eigenvalue weighted by molar-refractivity contribution is 0.0951. The number of carbonyl (C=O) groups excluding carboxylic acids is 1. The predicted molar refractivity (Wildman–Crippen MR) is 107 cm³/mol. The Morgan fingerprint density at radius 2 is 1.78 bits per heavy atom. The number of carbonyl (C=O) groups is 1. The molecule has 0 aliphatic carbocycles. The van der Waals surface area contributed by atoms with Crippen molar-refractivity contribution in [1.29, 1.82) is 0 Å². The van der Waals surface area contributed by atoms with E-state index in [-0.39, 0.29) is 12.0 Å². The van der Waals surface area contributed by atoms with Crippen LogP contribution in [-0.2, 0) is 6.54 Å². The molecule has 0 saturated carbocycles. The first-order valence-electron chi connectivity index (χ1n) is 8.92. The summed E-state index contributed by atoms with van der Waals surface area (Å²) in [6.45, 7) is 4.47. The Hall–Kier alpha value is -3.34. The van der Waals surface area contributed by atoms with Gasteiger partial charge in [0.05, 0.1) is 6.10 Å². The molecule has 27 heavy (non-hydrogen) atoms. The van der Waals surface area contributed by atoms with Gasteiger partial charge in [-0.25, -0.2) is 4.98 Å². The van der Waals surface area contributed by atoms with Crippen LogP contribution in [0, 0.1) is 0 Å². The SMILES string of the molecule is CC(C)Oc1ccc(Nc2cc(C(=O)NCc3ccccc3)ccn2)cc1. The van der Waals surface area contributed by atoms with E-state index < -0.39 is 0 Å². The minimum atomic E-state index is -0.134. The second-order valence-corrected chi connectivity index (χ2v) is 6.41. The van der Waals surface area contributed by atoms with Gasteiger partial charge in [-0.15, -0.1) is 0 Å². The summed E-state index contributed by atoms with van der Waals surface area (Å²) < 4.78 is 5.64. The predicted octanol–water partition coefficient (Wildman–Crippen LogP) is 4.54. The topological polar surface area (TPSA) is 63.2 Å². The smallest absolute Gasteiger partial charge is 0.251 e. The zero-order valence-corrected chi connectivity index (χ0v) is 15.5. The second-order valence-electron chi connectivity index (χ2n) is 6.41. The molecule has 0 fully saturated rings. The Bertz CT molecular complexity index is 878. The second kappa shape index (κ2) is 8.85. The van der Waals surface area contributed by atoms with E-state index in [4.69, 9.17) is 4.74 Å². The van der Waals surface area contributed by atoms with Crippen molar-refractivity contribution in [3.63, 3.8) is 0 Å². The number of benzene rings is 2. The van der Waals surface area contributed by atoms with Crippen LogP contribution < -0.4 is 15.4 Å². The molecule has 0 atom stereocenters. The van der Waals surface area contributed by atoms with Crippen molar-refractivity contribution in [3.05, 3.63) is 84.1 Å². The lowest BCUT2D eigenvalue weighted by atomic mass is 10.2. The van der Waals surface area contributed by atoms with Gasteiger partial charge >= 0.3 is 0 Å². The minimum absolute atomic E-state index is 0.134. The summed E-state index contributed by atoms with van der Waals surface area (Å²) in [5.74, 6) is 1.29. The molecule has 1 heterocycles. The molecule has 138 valence electrons. The molecule has 0 unspecified atom stereocenters. The zero-order valence-electron chi connectivity index (χ0n) is 15.5. The number of hydrogen-bond donors (Lipinski definition) is 2. The Morgan fingerprint density at radius 1 is 1.04 bits per heavy atom. The molecule has 1 aromatic heterocycles. The molecule has 5 heteroatoms. The number of anilines is 2. The van der Waals surface area contributed by atoms with E-state index in [1.807, 2.05) is 68.4 Å². The third kappa shape index (κ3) is 5.57. The van der Waals surface area contributed by atoms with Crippen LogP contribution in [0.25, 0.3) is 0 Å². The number of amides is 1. The molecule has 0 aliphatic heterocycles. The summed E-state index contributed by atoms with van der Waals surface area (Å²) in [6.07, 6.45) is 1.76. The van der Waals surface area contributed by atoms with E-state index in [2.05, 4.69) is 15.6 Å². The third-order valence-corrected chi connectivity index (χ3v) is 3.82. The van der Waals surface area contributed by atoms with Crippen molar-refractivity contribution >= 4 is 17.4 Å². The van der Waals surface area contributed by atoms with Gasteiger partial charge in [0.1, 0.15) is 11.6 Å². The van der Waals surface area contributed by atoms with E-state index in [1.54, 1.807) is 18.3 Å². The average molecular weight is 361 g/mol. The lowest BCUT2D eigenvalue weighted by Crippen LogP contribution is -2.22. The van der Waals surface area contributed by atoms with E-state index >= 15 is 0 Å². The Kier molecular flexibility index (Phi) is 6.05. The monoisotopic (exact) mass is 361 g/mol. The molecular formula is C22H23N3O2. The molecule has 0 saturated heterocycles. The number of ether oxygens (including phenoxy) is 1. The minimum Gasteiger partial charge on any atom is -0.491 e. The number of hydrogen-bond acceptors (Lipinski definition) is 4. The van der Waals surface area contributed by atoms with E-state index in [1.165, 1.54) is 0 Å². The van der Waals surface area contributed by atoms with Crippen LogP contribution in [0.5, 0.6) is 5.75 Å². The van der Waals surface area contributed by atoms with E-state index in [9.17, 15) is 4.79 Å². The van der Waals surface area contributed by atoms with Gasteiger partial charge in [-0.2, -0.15) is 0 Å². The summed E-state index contributed by atoms with van der Waals surface area (Å²) in [4.78, 5) is 16.7. The van der Waals surface area contributed by atoms with Crippen LogP contribution in [0.4, 0.5) is 11.5 Å². The molecule has 3 aromatic rings. The number of nitrogens with one attached hydrogen (secondary N) is 2. The fourth-order valence-corrected chi connectivity index (χ4v) is 2.56. The average Bonchev–Trinajstić information content (AvgIpc) is 2.68. The Labute approximate surface area is 159 Å². The quantitative estimate of drug-likeness (QED) is 0.648. The molecular weight excluding hydrogens is 338 g/mol. The summed E-state index contributed by atoms with van der Waals surface area (Å²) >= 11 is 0. The summed E-state index contributed by atoms with van der Waals surface area (Å²) in [5.41, 5.74) is 2.49. The molecule has 2 aromatic carbocycles. The molecule has 0 bridgehead atoms. The molecule has 1 amide bonds. The lowest BCUT2D eigenvalue weighted by Gasteiger charge is -2.11. The van der Waals surface area contributed by atoms with E-state index in [0.29, 0.717) is 17.9 Å². The molecule has 3 rings (SSSR count). The van der Waals surface area contributed by atoms with Gasteiger partial charge in [-0.3, -0.25) is 4.79 Å². The maximum absolute atomic E-state index is 12.4. The largest absolute Gasteiger partial charge is 0.491 e. The van der Waals surface area contributed by atoms with Crippen LogP contribution in [0.1, 0.15) is 29.8 Å². The van der Waals surface area contributed by atoms with Gasteiger partial charge in [0.15, 0.2) is 0 Å². The van der Waals surface area contributed by atoms with Crippen molar-refractivity contribution in [2.45, 2.75) is 26.5 Å². The van der Waals surface area contributed by atoms with Crippen LogP contribution in [-0.4, -0.2) is 17.0 Å². The Balaban J connectivity index is 1.62. The maximum Gasteiger partial charge on any atom is 0.251 e. The molecule has 0 spiro atoms. The van der Waals surface area contributed by atoms with Crippen LogP contribution in [0.3, 0.4) is 0 Å². The zero-order chi connectivity index (χ0) is 19.1. The van der Waals surface area contributed by atoms with Gasteiger partial charge in [0.25, 0.3) is 5.91 Å². The normalized spacial score (nSPS) is 10.5. The third-order valence-electron chi connectivity index (χ3n) is 3.82. The molecule has 0 radical (unpaired) electrons. The van der Waals surface area contributed by atoms with Crippen LogP contribution >= 0.6 is 0 Å². The first-order chi connectivity index (χ1) is 13.1. The fourth-order valence-electron chi connectivity index (χ4n) is 2.56. The number of nitrogens with zero attached hydrogens (tertiary/aromatic N) is 1. The van der Waals surface area contributed by atoms with Crippen molar-refractivity contribution in [2.24, 2.45) is 0 Å².